The van der Waals surface area contributed by atoms with Gasteiger partial charge in [-0.05, 0) is 48.2 Å². The van der Waals surface area contributed by atoms with Crippen molar-refractivity contribution in [2.75, 3.05) is 45.2 Å². The molecule has 1 amide bonds. The maximum Gasteiger partial charge on any atom is 0.291 e. The van der Waals surface area contributed by atoms with Crippen molar-refractivity contribution in [2.45, 2.75) is 46.2 Å². The SMILES string of the molecule is Cc1nc(C)n(C2CN(C(=O)c3nc(C)c(C)c(N4CC[C@@H](N(C)C)C4)n3)C2)n1. The molecule has 0 N–H and O–H groups in total. The summed E-state index contributed by atoms with van der Waals surface area (Å²) in [7, 11) is 4.22. The number of rotatable bonds is 4. The van der Waals surface area contributed by atoms with Gasteiger partial charge in [-0.2, -0.15) is 5.10 Å². The van der Waals surface area contributed by atoms with Gasteiger partial charge >= 0.3 is 0 Å². The number of likely N-dealkylation sites (N-methyl/N-ethyl adjacent to an activating group) is 1. The first-order chi connectivity index (χ1) is 13.7. The Bertz CT molecular complexity index is 931. The number of hydrogen-bond acceptors (Lipinski definition) is 7. The van der Waals surface area contributed by atoms with Crippen molar-refractivity contribution in [1.29, 1.82) is 0 Å². The van der Waals surface area contributed by atoms with E-state index in [0.717, 1.165) is 48.2 Å². The monoisotopic (exact) mass is 398 g/mol. The van der Waals surface area contributed by atoms with Gasteiger partial charge in [0.1, 0.15) is 17.5 Å². The molecule has 0 aliphatic carbocycles. The molecule has 2 aromatic heterocycles. The van der Waals surface area contributed by atoms with Crippen LogP contribution in [0.1, 0.15) is 46.0 Å². The molecular formula is C20H30N8O. The summed E-state index contributed by atoms with van der Waals surface area (Å²) in [5, 5.41) is 4.44. The normalized spacial score (nSPS) is 19.9. The first-order valence-electron chi connectivity index (χ1n) is 10.2. The lowest BCUT2D eigenvalue weighted by Gasteiger charge is -2.39. The van der Waals surface area contributed by atoms with Crippen molar-refractivity contribution in [1.82, 2.24) is 34.5 Å². The van der Waals surface area contributed by atoms with Crippen molar-refractivity contribution in [2.24, 2.45) is 0 Å². The topological polar surface area (TPSA) is 83.3 Å². The van der Waals surface area contributed by atoms with Gasteiger partial charge in [0.15, 0.2) is 0 Å². The average molecular weight is 399 g/mol. The zero-order valence-corrected chi connectivity index (χ0v) is 18.2. The quantitative estimate of drug-likeness (QED) is 0.764. The Labute approximate surface area is 171 Å². The molecule has 2 aliphatic rings. The minimum absolute atomic E-state index is 0.108. The number of carbonyl (C=O) groups is 1. The van der Waals surface area contributed by atoms with E-state index in [1.54, 1.807) is 4.90 Å². The molecule has 0 spiro atoms. The number of aromatic nitrogens is 5. The lowest BCUT2D eigenvalue weighted by Crippen LogP contribution is -2.51. The Morgan fingerprint density at radius 2 is 1.76 bits per heavy atom. The Hall–Kier alpha value is -2.55. The predicted molar refractivity (Wildman–Crippen MR) is 110 cm³/mol. The third-order valence-corrected chi connectivity index (χ3v) is 6.15. The molecule has 0 aromatic carbocycles. The molecule has 1 atom stereocenters. The second-order valence-electron chi connectivity index (χ2n) is 8.45. The molecular weight excluding hydrogens is 368 g/mol. The lowest BCUT2D eigenvalue weighted by molar-refractivity contribution is 0.0484. The van der Waals surface area contributed by atoms with Gasteiger partial charge in [0.2, 0.25) is 5.82 Å². The number of likely N-dealkylation sites (tertiary alicyclic amines) is 1. The van der Waals surface area contributed by atoms with Crippen molar-refractivity contribution >= 4 is 11.7 Å². The molecule has 2 aromatic rings. The Morgan fingerprint density at radius 3 is 2.34 bits per heavy atom. The van der Waals surface area contributed by atoms with E-state index in [1.165, 1.54) is 0 Å². The number of aryl methyl sites for hydroxylation is 3. The van der Waals surface area contributed by atoms with Crippen molar-refractivity contribution in [3.8, 4) is 0 Å². The molecule has 2 aliphatic heterocycles. The molecule has 156 valence electrons. The zero-order chi connectivity index (χ0) is 20.9. The second kappa shape index (κ2) is 7.37. The molecule has 0 radical (unpaired) electrons. The van der Waals surface area contributed by atoms with E-state index >= 15 is 0 Å². The molecule has 4 heterocycles. The number of carbonyl (C=O) groups excluding carboxylic acids is 1. The molecule has 2 saturated heterocycles. The number of hydrogen-bond donors (Lipinski definition) is 0. The summed E-state index contributed by atoms with van der Waals surface area (Å²) in [6, 6.07) is 0.680. The van der Waals surface area contributed by atoms with Crippen LogP contribution in [0.5, 0.6) is 0 Å². The maximum atomic E-state index is 13.0. The standard InChI is InChI=1S/C20H30N8O/c1-12-13(2)21-18(23-19(12)26-8-7-16(9-26)25(5)6)20(29)27-10-17(11-27)28-15(4)22-14(3)24-28/h16-17H,7-11H2,1-6H3/t16-/m1/s1. The van der Waals surface area contributed by atoms with Gasteiger partial charge in [-0.15, -0.1) is 0 Å². The van der Waals surface area contributed by atoms with Crippen LogP contribution in [0.2, 0.25) is 0 Å². The van der Waals surface area contributed by atoms with Gasteiger partial charge in [-0.25, -0.2) is 19.6 Å². The van der Waals surface area contributed by atoms with E-state index in [9.17, 15) is 4.79 Å². The predicted octanol–water partition coefficient (Wildman–Crippen LogP) is 1.14. The van der Waals surface area contributed by atoms with Gasteiger partial charge in [0, 0.05) is 43.5 Å². The van der Waals surface area contributed by atoms with E-state index in [0.29, 0.717) is 25.0 Å². The van der Waals surface area contributed by atoms with Gasteiger partial charge < -0.3 is 14.7 Å². The van der Waals surface area contributed by atoms with Crippen LogP contribution >= 0.6 is 0 Å². The van der Waals surface area contributed by atoms with Crippen LogP contribution in [0.4, 0.5) is 5.82 Å². The Morgan fingerprint density at radius 1 is 1.03 bits per heavy atom. The number of amides is 1. The van der Waals surface area contributed by atoms with Crippen molar-refractivity contribution in [3.63, 3.8) is 0 Å². The smallest absolute Gasteiger partial charge is 0.291 e. The lowest BCUT2D eigenvalue weighted by atomic mass is 10.1. The molecule has 9 nitrogen and oxygen atoms in total. The van der Waals surface area contributed by atoms with E-state index in [4.69, 9.17) is 4.98 Å². The highest BCUT2D eigenvalue weighted by atomic mass is 16.2. The summed E-state index contributed by atoms with van der Waals surface area (Å²) >= 11 is 0. The summed E-state index contributed by atoms with van der Waals surface area (Å²) in [6.45, 7) is 10.9. The fourth-order valence-electron chi connectivity index (χ4n) is 4.17. The van der Waals surface area contributed by atoms with E-state index in [-0.39, 0.29) is 11.9 Å². The minimum atomic E-state index is -0.108. The first-order valence-corrected chi connectivity index (χ1v) is 10.2. The molecule has 4 rings (SSSR count). The van der Waals surface area contributed by atoms with Crippen LogP contribution in [0.25, 0.3) is 0 Å². The summed E-state index contributed by atoms with van der Waals surface area (Å²) < 4.78 is 1.91. The molecule has 2 fully saturated rings. The Balaban J connectivity index is 1.50. The minimum Gasteiger partial charge on any atom is -0.355 e. The van der Waals surface area contributed by atoms with Crippen molar-refractivity contribution in [3.05, 3.63) is 28.7 Å². The van der Waals surface area contributed by atoms with Gasteiger partial charge in [-0.1, -0.05) is 0 Å². The van der Waals surface area contributed by atoms with Crippen LogP contribution in [-0.4, -0.2) is 86.8 Å². The first kappa shape index (κ1) is 19.8. The summed E-state index contributed by atoms with van der Waals surface area (Å²) in [5.74, 6) is 2.72. The molecule has 0 saturated carbocycles. The second-order valence-corrected chi connectivity index (χ2v) is 8.45. The number of anilines is 1. The summed E-state index contributed by atoms with van der Waals surface area (Å²) in [4.78, 5) is 32.9. The van der Waals surface area contributed by atoms with Gasteiger partial charge in [-0.3, -0.25) is 4.79 Å². The highest BCUT2D eigenvalue weighted by Crippen LogP contribution is 2.27. The highest BCUT2D eigenvalue weighted by Gasteiger charge is 2.36. The summed E-state index contributed by atoms with van der Waals surface area (Å²) in [5.41, 5.74) is 1.92. The molecule has 0 bridgehead atoms. The fraction of sp³-hybridized carbons (Fsp3) is 0.650. The van der Waals surface area contributed by atoms with E-state index in [1.807, 2.05) is 32.4 Å². The fourth-order valence-corrected chi connectivity index (χ4v) is 4.17. The maximum absolute atomic E-state index is 13.0. The van der Waals surface area contributed by atoms with Crippen LogP contribution in [0.3, 0.4) is 0 Å². The molecule has 9 heteroatoms. The number of nitrogens with zero attached hydrogens (tertiary/aromatic N) is 8. The van der Waals surface area contributed by atoms with Crippen LogP contribution < -0.4 is 4.90 Å². The van der Waals surface area contributed by atoms with E-state index < -0.39 is 0 Å². The van der Waals surface area contributed by atoms with E-state index in [2.05, 4.69) is 39.0 Å². The Kier molecular flexibility index (Phi) is 5.02. The molecule has 29 heavy (non-hydrogen) atoms. The average Bonchev–Trinajstić information content (AvgIpc) is 3.23. The van der Waals surface area contributed by atoms with Crippen LogP contribution in [0, 0.1) is 27.7 Å². The molecule has 0 unspecified atom stereocenters. The largest absolute Gasteiger partial charge is 0.355 e. The van der Waals surface area contributed by atoms with Crippen LogP contribution in [-0.2, 0) is 0 Å². The third kappa shape index (κ3) is 3.59. The van der Waals surface area contributed by atoms with Gasteiger partial charge in [0.05, 0.1) is 6.04 Å². The van der Waals surface area contributed by atoms with Crippen LogP contribution in [0.15, 0.2) is 0 Å². The van der Waals surface area contributed by atoms with Crippen molar-refractivity contribution < 1.29 is 4.79 Å². The summed E-state index contributed by atoms with van der Waals surface area (Å²) in [6.07, 6.45) is 1.10. The third-order valence-electron chi connectivity index (χ3n) is 6.15. The highest BCUT2D eigenvalue weighted by molar-refractivity contribution is 5.91. The zero-order valence-electron chi connectivity index (χ0n) is 18.2. The van der Waals surface area contributed by atoms with Gasteiger partial charge in [0.25, 0.3) is 5.91 Å².